The SMILES string of the molecule is Cc1cccc(C(=CCSc2ccc(OCC(=O)O)c(Br)c2)c2cccc(C)c2)c1. The summed E-state index contributed by atoms with van der Waals surface area (Å²) in [6.07, 6.45) is 2.26. The number of hydrogen-bond acceptors (Lipinski definition) is 3. The van der Waals surface area contributed by atoms with Crippen molar-refractivity contribution in [1.82, 2.24) is 0 Å². The van der Waals surface area contributed by atoms with Crippen LogP contribution in [0.15, 0.2) is 82.2 Å². The van der Waals surface area contributed by atoms with Crippen LogP contribution in [-0.4, -0.2) is 23.4 Å². The lowest BCUT2D eigenvalue weighted by Crippen LogP contribution is -2.09. The maximum atomic E-state index is 10.7. The summed E-state index contributed by atoms with van der Waals surface area (Å²) in [5.74, 6) is 0.335. The van der Waals surface area contributed by atoms with Crippen LogP contribution in [-0.2, 0) is 4.79 Å². The van der Waals surface area contributed by atoms with E-state index < -0.39 is 5.97 Å². The zero-order chi connectivity index (χ0) is 21.5. The lowest BCUT2D eigenvalue weighted by atomic mass is 9.95. The second-order valence-corrected chi connectivity index (χ2v) is 8.89. The zero-order valence-corrected chi connectivity index (χ0v) is 19.3. The molecule has 0 unspecified atom stereocenters. The predicted molar refractivity (Wildman–Crippen MR) is 127 cm³/mol. The smallest absolute Gasteiger partial charge is 0.341 e. The van der Waals surface area contributed by atoms with E-state index in [-0.39, 0.29) is 6.61 Å². The van der Waals surface area contributed by atoms with Gasteiger partial charge in [-0.2, -0.15) is 0 Å². The van der Waals surface area contributed by atoms with Gasteiger partial charge in [0.15, 0.2) is 6.61 Å². The molecule has 0 aliphatic carbocycles. The first-order valence-corrected chi connectivity index (χ1v) is 11.3. The Labute approximate surface area is 189 Å². The van der Waals surface area contributed by atoms with Crippen LogP contribution >= 0.6 is 27.7 Å². The Morgan fingerprint density at radius 3 is 2.17 bits per heavy atom. The molecule has 0 aliphatic rings. The molecule has 1 N–H and O–H groups in total. The van der Waals surface area contributed by atoms with Crippen LogP contribution in [0.4, 0.5) is 0 Å². The minimum Gasteiger partial charge on any atom is -0.481 e. The fourth-order valence-corrected chi connectivity index (χ4v) is 4.53. The molecule has 3 nitrogen and oxygen atoms in total. The van der Waals surface area contributed by atoms with E-state index in [1.807, 2.05) is 12.1 Å². The highest BCUT2D eigenvalue weighted by Crippen LogP contribution is 2.32. The van der Waals surface area contributed by atoms with Crippen molar-refractivity contribution >= 4 is 39.2 Å². The number of ether oxygens (including phenoxy) is 1. The van der Waals surface area contributed by atoms with Gasteiger partial charge < -0.3 is 9.84 Å². The molecular weight excluding hydrogens is 460 g/mol. The van der Waals surface area contributed by atoms with Gasteiger partial charge in [0.25, 0.3) is 0 Å². The predicted octanol–water partition coefficient (Wildman–Crippen LogP) is 6.75. The fraction of sp³-hybridized carbons (Fsp3) is 0.160. The third-order valence-corrected chi connectivity index (χ3v) is 5.99. The number of carboxylic acid groups (broad SMARTS) is 1. The van der Waals surface area contributed by atoms with Gasteiger partial charge in [-0.3, -0.25) is 0 Å². The van der Waals surface area contributed by atoms with Crippen molar-refractivity contribution < 1.29 is 14.6 Å². The molecule has 0 saturated carbocycles. The molecule has 30 heavy (non-hydrogen) atoms. The lowest BCUT2D eigenvalue weighted by molar-refractivity contribution is -0.139. The van der Waals surface area contributed by atoms with Crippen molar-refractivity contribution in [2.24, 2.45) is 0 Å². The van der Waals surface area contributed by atoms with Crippen molar-refractivity contribution in [1.29, 1.82) is 0 Å². The van der Waals surface area contributed by atoms with E-state index in [4.69, 9.17) is 9.84 Å². The van der Waals surface area contributed by atoms with Gasteiger partial charge in [-0.05, 0) is 64.7 Å². The van der Waals surface area contributed by atoms with Crippen molar-refractivity contribution in [2.75, 3.05) is 12.4 Å². The molecule has 0 amide bonds. The number of aryl methyl sites for hydroxylation is 2. The number of rotatable bonds is 8. The van der Waals surface area contributed by atoms with Crippen molar-refractivity contribution in [3.05, 3.63) is 99.5 Å². The molecule has 0 fully saturated rings. The molecule has 0 spiro atoms. The van der Waals surface area contributed by atoms with E-state index in [1.54, 1.807) is 17.8 Å². The standard InChI is InChI=1S/C25H23BrO3S/c1-17-5-3-7-19(13-17)22(20-8-4-6-18(2)14-20)11-12-30-21-9-10-24(23(26)15-21)29-16-25(27)28/h3-11,13-15H,12,16H2,1-2H3,(H,27,28). The van der Waals surface area contributed by atoms with Gasteiger partial charge in [0.2, 0.25) is 0 Å². The van der Waals surface area contributed by atoms with Gasteiger partial charge in [-0.15, -0.1) is 11.8 Å². The summed E-state index contributed by atoms with van der Waals surface area (Å²) in [7, 11) is 0. The van der Waals surface area contributed by atoms with Gasteiger partial charge in [-0.25, -0.2) is 4.79 Å². The fourth-order valence-electron chi connectivity index (χ4n) is 3.08. The molecule has 0 saturated heterocycles. The average molecular weight is 483 g/mol. The first-order chi connectivity index (χ1) is 14.4. The average Bonchev–Trinajstić information content (AvgIpc) is 2.70. The van der Waals surface area contributed by atoms with Crippen LogP contribution in [0.1, 0.15) is 22.3 Å². The number of carboxylic acids is 1. The van der Waals surface area contributed by atoms with E-state index in [1.165, 1.54) is 27.8 Å². The normalized spacial score (nSPS) is 10.5. The number of hydrogen-bond donors (Lipinski definition) is 1. The van der Waals surface area contributed by atoms with Crippen LogP contribution in [0.3, 0.4) is 0 Å². The highest BCUT2D eigenvalue weighted by Gasteiger charge is 2.08. The molecule has 3 aromatic carbocycles. The molecule has 3 aromatic rings. The summed E-state index contributed by atoms with van der Waals surface area (Å²) >= 11 is 5.18. The molecule has 154 valence electrons. The maximum Gasteiger partial charge on any atom is 0.341 e. The van der Waals surface area contributed by atoms with Gasteiger partial charge in [0.1, 0.15) is 5.75 Å². The van der Waals surface area contributed by atoms with E-state index in [0.29, 0.717) is 5.75 Å². The summed E-state index contributed by atoms with van der Waals surface area (Å²) < 4.78 is 6.01. The summed E-state index contributed by atoms with van der Waals surface area (Å²) in [6, 6.07) is 22.8. The van der Waals surface area contributed by atoms with Crippen LogP contribution in [0, 0.1) is 13.8 Å². The van der Waals surface area contributed by atoms with Gasteiger partial charge in [0.05, 0.1) is 4.47 Å². The molecule has 0 aromatic heterocycles. The molecule has 0 bridgehead atoms. The minimum absolute atomic E-state index is 0.357. The highest BCUT2D eigenvalue weighted by atomic mass is 79.9. The van der Waals surface area contributed by atoms with Crippen LogP contribution in [0.25, 0.3) is 5.57 Å². The molecule has 0 aliphatic heterocycles. The topological polar surface area (TPSA) is 46.5 Å². The maximum absolute atomic E-state index is 10.7. The van der Waals surface area contributed by atoms with Crippen molar-refractivity contribution in [3.8, 4) is 5.75 Å². The third-order valence-electron chi connectivity index (χ3n) is 4.45. The van der Waals surface area contributed by atoms with E-state index >= 15 is 0 Å². The van der Waals surface area contributed by atoms with E-state index in [2.05, 4.69) is 84.4 Å². The van der Waals surface area contributed by atoms with Crippen molar-refractivity contribution in [3.63, 3.8) is 0 Å². The molecule has 0 radical (unpaired) electrons. The second kappa shape index (κ2) is 10.5. The first kappa shape index (κ1) is 22.2. The Hall–Kier alpha value is -2.50. The molecule has 5 heteroatoms. The first-order valence-electron chi connectivity index (χ1n) is 9.53. The Balaban J connectivity index is 1.79. The summed E-state index contributed by atoms with van der Waals surface area (Å²) in [5, 5.41) is 8.76. The van der Waals surface area contributed by atoms with Crippen LogP contribution in [0.2, 0.25) is 0 Å². The summed E-state index contributed by atoms with van der Waals surface area (Å²) in [4.78, 5) is 11.8. The Bertz CT molecular complexity index is 1030. The Morgan fingerprint density at radius 1 is 1.00 bits per heavy atom. The molecule has 0 heterocycles. The number of carbonyl (C=O) groups is 1. The van der Waals surface area contributed by atoms with E-state index in [9.17, 15) is 4.79 Å². The number of aliphatic carboxylic acids is 1. The monoisotopic (exact) mass is 482 g/mol. The van der Waals surface area contributed by atoms with E-state index in [0.717, 1.165) is 15.1 Å². The number of thioether (sulfide) groups is 1. The van der Waals surface area contributed by atoms with Crippen molar-refractivity contribution in [2.45, 2.75) is 18.7 Å². The van der Waals surface area contributed by atoms with Crippen LogP contribution in [0.5, 0.6) is 5.75 Å². The third kappa shape index (κ3) is 6.25. The van der Waals surface area contributed by atoms with Crippen LogP contribution < -0.4 is 4.74 Å². The largest absolute Gasteiger partial charge is 0.481 e. The highest BCUT2D eigenvalue weighted by molar-refractivity contribution is 9.10. The van der Waals surface area contributed by atoms with Gasteiger partial charge in [-0.1, -0.05) is 65.7 Å². The quantitative estimate of drug-likeness (QED) is 0.360. The number of benzene rings is 3. The lowest BCUT2D eigenvalue weighted by Gasteiger charge is -2.11. The van der Waals surface area contributed by atoms with Gasteiger partial charge in [0, 0.05) is 10.6 Å². The molecule has 3 rings (SSSR count). The summed E-state index contributed by atoms with van der Waals surface area (Å²) in [6.45, 7) is 3.86. The molecular formula is C25H23BrO3S. The Morgan fingerprint density at radius 2 is 1.63 bits per heavy atom. The minimum atomic E-state index is -0.995. The Kier molecular flexibility index (Phi) is 7.77. The second-order valence-electron chi connectivity index (χ2n) is 6.94. The molecule has 0 atom stereocenters. The number of halogens is 1. The zero-order valence-electron chi connectivity index (χ0n) is 16.9. The summed E-state index contributed by atoms with van der Waals surface area (Å²) in [5.41, 5.74) is 6.11. The van der Waals surface area contributed by atoms with Gasteiger partial charge >= 0.3 is 5.97 Å².